The number of nitrogens with one attached hydrogen (secondary N) is 1. The predicted molar refractivity (Wildman–Crippen MR) is 52.6 cm³/mol. The number of hydrogen-bond donors (Lipinski definition) is 1. The lowest BCUT2D eigenvalue weighted by atomic mass is 10.2. The molecule has 0 aromatic carbocycles. The van der Waals surface area contributed by atoms with Gasteiger partial charge in [-0.3, -0.25) is 0 Å². The van der Waals surface area contributed by atoms with Crippen molar-refractivity contribution in [3.63, 3.8) is 0 Å². The van der Waals surface area contributed by atoms with Crippen molar-refractivity contribution >= 4 is 0 Å². The minimum atomic E-state index is -2.53. The molecule has 86 valence electrons. The molecule has 1 aromatic heterocycles. The number of alkyl halides is 2. The second-order valence-electron chi connectivity index (χ2n) is 3.83. The highest BCUT2D eigenvalue weighted by Gasteiger charge is 2.21. The molecule has 0 saturated carbocycles. The molecule has 15 heavy (non-hydrogen) atoms. The minimum absolute atomic E-state index is 0.0712. The van der Waals surface area contributed by atoms with Crippen molar-refractivity contribution in [1.29, 1.82) is 0 Å². The Balaban J connectivity index is 2.95. The van der Waals surface area contributed by atoms with Crippen LogP contribution in [-0.2, 0) is 13.1 Å². The molecule has 1 rings (SSSR count). The standard InChI is InChI=1S/C9H16F2N4/c1-6(2)5-15-8(9(10)11)7(4-12-3)13-14-15/h6,9,12H,4-5H2,1-3H3. The van der Waals surface area contributed by atoms with Gasteiger partial charge in [0, 0.05) is 13.1 Å². The third kappa shape index (κ3) is 2.95. The molecule has 0 saturated heterocycles. The van der Waals surface area contributed by atoms with Crippen LogP contribution in [0.4, 0.5) is 8.78 Å². The summed E-state index contributed by atoms with van der Waals surface area (Å²) in [4.78, 5) is 0. The molecule has 0 fully saturated rings. The third-order valence-electron chi connectivity index (χ3n) is 1.94. The van der Waals surface area contributed by atoms with Crippen molar-refractivity contribution in [1.82, 2.24) is 20.3 Å². The SMILES string of the molecule is CNCc1nnn(CC(C)C)c1C(F)F. The van der Waals surface area contributed by atoms with E-state index in [9.17, 15) is 8.78 Å². The second kappa shape index (κ2) is 5.16. The van der Waals surface area contributed by atoms with Crippen LogP contribution in [0.5, 0.6) is 0 Å². The molecule has 1 aromatic rings. The molecule has 0 aliphatic heterocycles. The number of rotatable bonds is 5. The Morgan fingerprint density at radius 3 is 2.53 bits per heavy atom. The quantitative estimate of drug-likeness (QED) is 0.816. The van der Waals surface area contributed by atoms with Gasteiger partial charge in [-0.2, -0.15) is 0 Å². The third-order valence-corrected chi connectivity index (χ3v) is 1.94. The number of aromatic nitrogens is 3. The summed E-state index contributed by atoms with van der Waals surface area (Å²) in [6.07, 6.45) is -2.53. The monoisotopic (exact) mass is 218 g/mol. The van der Waals surface area contributed by atoms with E-state index in [0.717, 1.165) is 0 Å². The van der Waals surface area contributed by atoms with E-state index in [1.54, 1.807) is 7.05 Å². The van der Waals surface area contributed by atoms with Crippen molar-refractivity contribution in [2.24, 2.45) is 5.92 Å². The summed E-state index contributed by atoms with van der Waals surface area (Å²) in [5, 5.41) is 10.3. The Hall–Kier alpha value is -1.04. The summed E-state index contributed by atoms with van der Waals surface area (Å²) in [5.41, 5.74) is 0.256. The van der Waals surface area contributed by atoms with Gasteiger partial charge in [0.15, 0.2) is 0 Å². The smallest absolute Gasteiger partial charge is 0.281 e. The summed E-state index contributed by atoms with van der Waals surface area (Å²) >= 11 is 0. The van der Waals surface area contributed by atoms with Gasteiger partial charge in [0.25, 0.3) is 6.43 Å². The highest BCUT2D eigenvalue weighted by Crippen LogP contribution is 2.21. The Labute approximate surface area is 87.7 Å². The van der Waals surface area contributed by atoms with Gasteiger partial charge in [-0.15, -0.1) is 5.10 Å². The molecule has 0 atom stereocenters. The first-order valence-corrected chi connectivity index (χ1v) is 4.91. The van der Waals surface area contributed by atoms with Gasteiger partial charge in [0.2, 0.25) is 0 Å². The van der Waals surface area contributed by atoms with Crippen LogP contribution in [0.1, 0.15) is 31.7 Å². The molecule has 0 radical (unpaired) electrons. The molecule has 0 unspecified atom stereocenters. The fraction of sp³-hybridized carbons (Fsp3) is 0.778. The first kappa shape index (κ1) is 12.0. The second-order valence-corrected chi connectivity index (χ2v) is 3.83. The molecule has 0 aliphatic carbocycles. The maximum atomic E-state index is 12.8. The van der Waals surface area contributed by atoms with Gasteiger partial charge in [0.1, 0.15) is 11.4 Å². The van der Waals surface area contributed by atoms with E-state index in [0.29, 0.717) is 18.8 Å². The van der Waals surface area contributed by atoms with E-state index in [2.05, 4.69) is 15.6 Å². The van der Waals surface area contributed by atoms with Crippen molar-refractivity contribution in [3.8, 4) is 0 Å². The fourth-order valence-corrected chi connectivity index (χ4v) is 1.37. The molecule has 4 nitrogen and oxygen atoms in total. The number of halogens is 2. The topological polar surface area (TPSA) is 42.7 Å². The Morgan fingerprint density at radius 2 is 2.07 bits per heavy atom. The molecule has 1 N–H and O–H groups in total. The van der Waals surface area contributed by atoms with Gasteiger partial charge in [-0.1, -0.05) is 19.1 Å². The van der Waals surface area contributed by atoms with E-state index in [1.165, 1.54) is 4.68 Å². The molecular weight excluding hydrogens is 202 g/mol. The minimum Gasteiger partial charge on any atom is -0.314 e. The van der Waals surface area contributed by atoms with Crippen molar-refractivity contribution in [2.75, 3.05) is 7.05 Å². The molecule has 0 aliphatic rings. The summed E-state index contributed by atoms with van der Waals surface area (Å²) in [7, 11) is 1.69. The van der Waals surface area contributed by atoms with Crippen LogP contribution in [0.2, 0.25) is 0 Å². The molecule has 0 bridgehead atoms. The molecular formula is C9H16F2N4. The van der Waals surface area contributed by atoms with E-state index >= 15 is 0 Å². The lowest BCUT2D eigenvalue weighted by Crippen LogP contribution is -2.13. The number of hydrogen-bond acceptors (Lipinski definition) is 3. The van der Waals surface area contributed by atoms with Crippen molar-refractivity contribution < 1.29 is 8.78 Å². The highest BCUT2D eigenvalue weighted by molar-refractivity contribution is 5.11. The zero-order valence-electron chi connectivity index (χ0n) is 9.17. The zero-order chi connectivity index (χ0) is 11.4. The molecule has 0 amide bonds. The van der Waals surface area contributed by atoms with Crippen molar-refractivity contribution in [3.05, 3.63) is 11.4 Å². The van der Waals surface area contributed by atoms with Gasteiger partial charge >= 0.3 is 0 Å². The largest absolute Gasteiger partial charge is 0.314 e. The lowest BCUT2D eigenvalue weighted by molar-refractivity contribution is 0.136. The molecule has 0 spiro atoms. The Kier molecular flexibility index (Phi) is 4.14. The van der Waals surface area contributed by atoms with E-state index < -0.39 is 6.43 Å². The number of nitrogens with zero attached hydrogens (tertiary/aromatic N) is 3. The average Bonchev–Trinajstić information content (AvgIpc) is 2.47. The van der Waals surface area contributed by atoms with Crippen LogP contribution >= 0.6 is 0 Å². The van der Waals surface area contributed by atoms with Crippen LogP contribution < -0.4 is 5.32 Å². The summed E-state index contributed by atoms with van der Waals surface area (Å²) in [5.74, 6) is 0.270. The van der Waals surface area contributed by atoms with E-state index in [1.807, 2.05) is 13.8 Å². The first-order chi connectivity index (χ1) is 7.06. The van der Waals surface area contributed by atoms with Crippen LogP contribution in [0.15, 0.2) is 0 Å². The molecule has 6 heteroatoms. The van der Waals surface area contributed by atoms with Crippen LogP contribution in [0, 0.1) is 5.92 Å². The first-order valence-electron chi connectivity index (χ1n) is 4.91. The van der Waals surface area contributed by atoms with Crippen LogP contribution in [0.25, 0.3) is 0 Å². The molecule has 1 heterocycles. The Morgan fingerprint density at radius 1 is 1.40 bits per heavy atom. The van der Waals surface area contributed by atoms with Gasteiger partial charge in [-0.25, -0.2) is 13.5 Å². The summed E-state index contributed by atoms with van der Waals surface area (Å²) in [6, 6.07) is 0. The zero-order valence-corrected chi connectivity index (χ0v) is 9.17. The fourth-order valence-electron chi connectivity index (χ4n) is 1.37. The lowest BCUT2D eigenvalue weighted by Gasteiger charge is -2.08. The van der Waals surface area contributed by atoms with Crippen LogP contribution in [0.3, 0.4) is 0 Å². The highest BCUT2D eigenvalue weighted by atomic mass is 19.3. The normalized spacial score (nSPS) is 11.7. The predicted octanol–water partition coefficient (Wildman–Crippen LogP) is 1.59. The maximum absolute atomic E-state index is 12.8. The van der Waals surface area contributed by atoms with Gasteiger partial charge in [-0.05, 0) is 13.0 Å². The maximum Gasteiger partial charge on any atom is 0.281 e. The van der Waals surface area contributed by atoms with Crippen LogP contribution in [-0.4, -0.2) is 22.0 Å². The van der Waals surface area contributed by atoms with Crippen molar-refractivity contribution in [2.45, 2.75) is 33.4 Å². The summed E-state index contributed by atoms with van der Waals surface area (Å²) in [6.45, 7) is 4.69. The summed E-state index contributed by atoms with van der Waals surface area (Å²) < 4.78 is 26.8. The van der Waals surface area contributed by atoms with Gasteiger partial charge in [0.05, 0.1) is 0 Å². The average molecular weight is 218 g/mol. The van der Waals surface area contributed by atoms with E-state index in [-0.39, 0.29) is 11.6 Å². The van der Waals surface area contributed by atoms with Gasteiger partial charge < -0.3 is 5.32 Å². The van der Waals surface area contributed by atoms with E-state index in [4.69, 9.17) is 0 Å². The Bertz CT molecular complexity index is 309.